The molecule has 0 aromatic heterocycles. The van der Waals surface area contributed by atoms with Crippen LogP contribution < -0.4 is 14.2 Å². The molecule has 1 N–H and O–H groups in total. The number of hydrogen-bond acceptors (Lipinski definition) is 4. The SMILES string of the molecule is CC1(C)Cc2cc(S(=O)(=O)NC3CC3)cc(OCCCCl)c2O1. The van der Waals surface area contributed by atoms with E-state index in [1.54, 1.807) is 12.1 Å². The standard InChI is InChI=1S/C16H22ClNO4S/c1-16(2)10-11-8-13(23(19,20)18-12-4-5-12)9-14(15(11)22-16)21-7-3-6-17/h8-9,12,18H,3-7,10H2,1-2H3. The number of sulfonamides is 1. The first-order valence-electron chi connectivity index (χ1n) is 7.88. The molecular weight excluding hydrogens is 338 g/mol. The van der Waals surface area contributed by atoms with Crippen LogP contribution in [0, 0.1) is 0 Å². The van der Waals surface area contributed by atoms with Crippen LogP contribution in [0.25, 0.3) is 0 Å². The van der Waals surface area contributed by atoms with Gasteiger partial charge in [-0.25, -0.2) is 13.1 Å². The molecule has 5 nitrogen and oxygen atoms in total. The van der Waals surface area contributed by atoms with Gasteiger partial charge in [-0.05, 0) is 39.2 Å². The highest BCUT2D eigenvalue weighted by atomic mass is 35.5. The van der Waals surface area contributed by atoms with E-state index in [0.717, 1.165) is 18.4 Å². The van der Waals surface area contributed by atoms with E-state index in [4.69, 9.17) is 21.1 Å². The molecule has 1 aliphatic heterocycles. The molecule has 7 heteroatoms. The fourth-order valence-electron chi connectivity index (χ4n) is 2.64. The number of ether oxygens (including phenoxy) is 2. The molecule has 23 heavy (non-hydrogen) atoms. The quantitative estimate of drug-likeness (QED) is 0.600. The van der Waals surface area contributed by atoms with Gasteiger partial charge in [-0.15, -0.1) is 11.6 Å². The molecule has 1 aromatic rings. The summed E-state index contributed by atoms with van der Waals surface area (Å²) in [5.74, 6) is 1.62. The molecule has 2 aliphatic rings. The van der Waals surface area contributed by atoms with Gasteiger partial charge in [-0.3, -0.25) is 0 Å². The van der Waals surface area contributed by atoms with Gasteiger partial charge in [-0.1, -0.05) is 0 Å². The molecule has 0 amide bonds. The Balaban J connectivity index is 1.94. The predicted octanol–water partition coefficient (Wildman–Crippen LogP) is 2.85. The van der Waals surface area contributed by atoms with Crippen molar-refractivity contribution in [2.45, 2.75) is 56.1 Å². The maximum absolute atomic E-state index is 12.5. The van der Waals surface area contributed by atoms with Gasteiger partial charge < -0.3 is 9.47 Å². The van der Waals surface area contributed by atoms with Crippen molar-refractivity contribution in [2.75, 3.05) is 12.5 Å². The molecule has 1 heterocycles. The molecule has 0 saturated heterocycles. The molecule has 0 spiro atoms. The zero-order valence-corrected chi connectivity index (χ0v) is 15.0. The highest BCUT2D eigenvalue weighted by Crippen LogP contribution is 2.43. The number of alkyl halides is 1. The lowest BCUT2D eigenvalue weighted by molar-refractivity contribution is 0.132. The Labute approximate surface area is 142 Å². The van der Waals surface area contributed by atoms with Crippen LogP contribution in [0.5, 0.6) is 11.5 Å². The van der Waals surface area contributed by atoms with E-state index in [0.29, 0.717) is 36.8 Å². The van der Waals surface area contributed by atoms with Crippen molar-refractivity contribution in [1.29, 1.82) is 0 Å². The van der Waals surface area contributed by atoms with Crippen LogP contribution in [0.15, 0.2) is 17.0 Å². The highest BCUT2D eigenvalue weighted by Gasteiger charge is 2.35. The number of halogens is 1. The number of hydrogen-bond donors (Lipinski definition) is 1. The summed E-state index contributed by atoms with van der Waals surface area (Å²) in [7, 11) is -3.52. The third kappa shape index (κ3) is 3.92. The molecule has 128 valence electrons. The largest absolute Gasteiger partial charge is 0.490 e. The topological polar surface area (TPSA) is 64.6 Å². The van der Waals surface area contributed by atoms with E-state index in [2.05, 4.69) is 4.72 Å². The average molecular weight is 360 g/mol. The van der Waals surface area contributed by atoms with Crippen molar-refractivity contribution >= 4 is 21.6 Å². The van der Waals surface area contributed by atoms with Gasteiger partial charge in [0, 0.05) is 30.0 Å². The first-order valence-corrected chi connectivity index (χ1v) is 9.89. The molecule has 1 fully saturated rings. The minimum Gasteiger partial charge on any atom is -0.490 e. The molecule has 1 saturated carbocycles. The molecule has 0 bridgehead atoms. The maximum Gasteiger partial charge on any atom is 0.240 e. The normalized spacial score (nSPS) is 19.3. The molecule has 0 radical (unpaired) electrons. The van der Waals surface area contributed by atoms with Crippen molar-refractivity contribution in [3.63, 3.8) is 0 Å². The second-order valence-electron chi connectivity index (χ2n) is 6.73. The third-order valence-corrected chi connectivity index (χ3v) is 5.61. The third-order valence-electron chi connectivity index (χ3n) is 3.84. The molecule has 0 atom stereocenters. The van der Waals surface area contributed by atoms with Crippen LogP contribution in [0.1, 0.15) is 38.7 Å². The van der Waals surface area contributed by atoms with E-state index < -0.39 is 10.0 Å². The van der Waals surface area contributed by atoms with E-state index in [9.17, 15) is 8.42 Å². The van der Waals surface area contributed by atoms with Crippen molar-refractivity contribution in [3.8, 4) is 11.5 Å². The Morgan fingerprint density at radius 1 is 1.39 bits per heavy atom. The van der Waals surface area contributed by atoms with Crippen LogP contribution in [-0.4, -0.2) is 32.5 Å². The van der Waals surface area contributed by atoms with Gasteiger partial charge in [0.25, 0.3) is 0 Å². The van der Waals surface area contributed by atoms with Crippen molar-refractivity contribution in [3.05, 3.63) is 17.7 Å². The fourth-order valence-corrected chi connectivity index (χ4v) is 4.12. The fraction of sp³-hybridized carbons (Fsp3) is 0.625. The zero-order chi connectivity index (χ0) is 16.7. The van der Waals surface area contributed by atoms with E-state index in [-0.39, 0.29) is 16.5 Å². The molecule has 1 aliphatic carbocycles. The number of benzene rings is 1. The maximum atomic E-state index is 12.5. The summed E-state index contributed by atoms with van der Waals surface area (Å²) >= 11 is 5.68. The van der Waals surface area contributed by atoms with Gasteiger partial charge in [0.05, 0.1) is 11.5 Å². The monoisotopic (exact) mass is 359 g/mol. The second kappa shape index (κ2) is 6.15. The molecule has 0 unspecified atom stereocenters. The average Bonchev–Trinajstić information content (AvgIpc) is 3.18. The summed E-state index contributed by atoms with van der Waals surface area (Å²) < 4.78 is 39.4. The van der Waals surface area contributed by atoms with Crippen LogP contribution in [-0.2, 0) is 16.4 Å². The number of nitrogens with one attached hydrogen (secondary N) is 1. The van der Waals surface area contributed by atoms with Gasteiger partial charge in [0.15, 0.2) is 11.5 Å². The Hall–Kier alpha value is -0.980. The lowest BCUT2D eigenvalue weighted by atomic mass is 10.0. The first kappa shape index (κ1) is 16.9. The molecule has 3 rings (SSSR count). The Morgan fingerprint density at radius 2 is 2.13 bits per heavy atom. The zero-order valence-electron chi connectivity index (χ0n) is 13.4. The number of rotatable bonds is 7. The van der Waals surface area contributed by atoms with Crippen LogP contribution in [0.4, 0.5) is 0 Å². The second-order valence-corrected chi connectivity index (χ2v) is 8.83. The van der Waals surface area contributed by atoms with Crippen molar-refractivity contribution in [1.82, 2.24) is 4.72 Å². The predicted molar refractivity (Wildman–Crippen MR) is 89.0 cm³/mol. The van der Waals surface area contributed by atoms with Gasteiger partial charge in [-0.2, -0.15) is 0 Å². The lowest BCUT2D eigenvalue weighted by Crippen LogP contribution is -2.25. The lowest BCUT2D eigenvalue weighted by Gasteiger charge is -2.18. The Kier molecular flexibility index (Phi) is 4.51. The summed E-state index contributed by atoms with van der Waals surface area (Å²) in [6.45, 7) is 4.39. The van der Waals surface area contributed by atoms with E-state index >= 15 is 0 Å². The number of fused-ring (bicyclic) bond motifs is 1. The summed E-state index contributed by atoms with van der Waals surface area (Å²) in [6, 6.07) is 3.32. The first-order chi connectivity index (χ1) is 10.8. The Bertz CT molecular complexity index is 698. The van der Waals surface area contributed by atoms with Crippen LogP contribution in [0.3, 0.4) is 0 Å². The molecule has 1 aromatic carbocycles. The summed E-state index contributed by atoms with van der Waals surface area (Å²) in [6.07, 6.45) is 3.15. The summed E-state index contributed by atoms with van der Waals surface area (Å²) in [5, 5.41) is 0. The van der Waals surface area contributed by atoms with Gasteiger partial charge in [0.2, 0.25) is 10.0 Å². The van der Waals surface area contributed by atoms with Gasteiger partial charge >= 0.3 is 0 Å². The van der Waals surface area contributed by atoms with E-state index in [1.165, 1.54) is 0 Å². The smallest absolute Gasteiger partial charge is 0.240 e. The molecular formula is C16H22ClNO4S. The van der Waals surface area contributed by atoms with Crippen LogP contribution in [0.2, 0.25) is 0 Å². The summed E-state index contributed by atoms with van der Waals surface area (Å²) in [4.78, 5) is 0.241. The minimum atomic E-state index is -3.52. The van der Waals surface area contributed by atoms with Crippen molar-refractivity contribution in [2.24, 2.45) is 0 Å². The van der Waals surface area contributed by atoms with Gasteiger partial charge in [0.1, 0.15) is 5.60 Å². The highest BCUT2D eigenvalue weighted by molar-refractivity contribution is 7.89. The van der Waals surface area contributed by atoms with E-state index in [1.807, 2.05) is 13.8 Å². The van der Waals surface area contributed by atoms with Crippen molar-refractivity contribution < 1.29 is 17.9 Å². The Morgan fingerprint density at radius 3 is 2.78 bits per heavy atom. The summed E-state index contributed by atoms with van der Waals surface area (Å²) in [5.41, 5.74) is 0.508. The van der Waals surface area contributed by atoms with Crippen LogP contribution >= 0.6 is 11.6 Å². The minimum absolute atomic E-state index is 0.0709.